The van der Waals surface area contributed by atoms with E-state index in [4.69, 9.17) is 16.6 Å². The van der Waals surface area contributed by atoms with E-state index in [2.05, 4.69) is 15.2 Å². The Hall–Kier alpha value is -2.07. The Labute approximate surface area is 128 Å². The third kappa shape index (κ3) is 2.16. The highest BCUT2D eigenvalue weighted by atomic mass is 35.5. The predicted molar refractivity (Wildman–Crippen MR) is 84.8 cm³/mol. The lowest BCUT2D eigenvalue weighted by molar-refractivity contribution is 0.317. The average molecular weight is 299 g/mol. The number of nitrogens with zero attached hydrogens (tertiary/aromatic N) is 3. The first-order chi connectivity index (χ1) is 10.3. The second kappa shape index (κ2) is 5.04. The molecule has 0 fully saturated rings. The highest BCUT2D eigenvalue weighted by molar-refractivity contribution is 6.31. The molecule has 1 aromatic heterocycles. The van der Waals surface area contributed by atoms with Crippen LogP contribution < -0.4 is 5.32 Å². The summed E-state index contributed by atoms with van der Waals surface area (Å²) in [5.74, 6) is 1.04. The third-order valence-electron chi connectivity index (χ3n) is 3.89. The van der Waals surface area contributed by atoms with E-state index >= 15 is 0 Å². The van der Waals surface area contributed by atoms with Crippen molar-refractivity contribution in [2.45, 2.75) is 12.6 Å². The molecule has 0 unspecified atom stereocenters. The van der Waals surface area contributed by atoms with Gasteiger partial charge in [-0.3, -0.25) is 9.98 Å². The number of rotatable bonds is 1. The summed E-state index contributed by atoms with van der Waals surface area (Å²) in [6.07, 6.45) is 2.90. The number of benzene rings is 1. The highest BCUT2D eigenvalue weighted by Crippen LogP contribution is 2.35. The number of aromatic nitrogens is 1. The first-order valence-corrected chi connectivity index (χ1v) is 7.49. The van der Waals surface area contributed by atoms with Crippen molar-refractivity contribution in [3.05, 3.63) is 58.9 Å². The van der Waals surface area contributed by atoms with Gasteiger partial charge in [0.1, 0.15) is 12.0 Å². The molecule has 0 saturated carbocycles. The molecule has 3 heterocycles. The number of fused-ring (bicyclic) bond motifs is 3. The van der Waals surface area contributed by atoms with Crippen molar-refractivity contribution in [1.29, 1.82) is 0 Å². The molecule has 1 N–H and O–H groups in total. The fraction of sp³-hybridized carbons (Fsp3) is 0.250. The first kappa shape index (κ1) is 12.7. The Morgan fingerprint density at radius 2 is 2.19 bits per heavy atom. The fourth-order valence-corrected chi connectivity index (χ4v) is 3.11. The van der Waals surface area contributed by atoms with Gasteiger partial charge in [0.25, 0.3) is 0 Å². The molecule has 0 aliphatic carbocycles. The lowest BCUT2D eigenvalue weighted by Gasteiger charge is -2.41. The normalized spacial score (nSPS) is 20.1. The maximum atomic E-state index is 6.14. The van der Waals surface area contributed by atoms with E-state index < -0.39 is 0 Å². The molecule has 4 nitrogen and oxygen atoms in total. The number of anilines is 1. The zero-order valence-corrected chi connectivity index (χ0v) is 12.2. The van der Waals surface area contributed by atoms with Crippen LogP contribution in [-0.2, 0) is 0 Å². The molecule has 2 aliphatic rings. The minimum atomic E-state index is 0.0104. The van der Waals surface area contributed by atoms with E-state index in [0.29, 0.717) is 0 Å². The van der Waals surface area contributed by atoms with Crippen LogP contribution in [0.2, 0.25) is 5.02 Å². The predicted octanol–water partition coefficient (Wildman–Crippen LogP) is 3.31. The molecule has 5 heteroatoms. The van der Waals surface area contributed by atoms with E-state index in [1.165, 1.54) is 0 Å². The van der Waals surface area contributed by atoms with E-state index in [-0.39, 0.29) is 6.17 Å². The van der Waals surface area contributed by atoms with Crippen LogP contribution in [0.3, 0.4) is 0 Å². The van der Waals surface area contributed by atoms with Crippen molar-refractivity contribution in [1.82, 2.24) is 9.88 Å². The zero-order chi connectivity index (χ0) is 14.2. The maximum absolute atomic E-state index is 6.14. The fourth-order valence-electron chi connectivity index (χ4n) is 2.94. The van der Waals surface area contributed by atoms with Gasteiger partial charge in [0.15, 0.2) is 0 Å². The van der Waals surface area contributed by atoms with Crippen LogP contribution in [0.25, 0.3) is 0 Å². The van der Waals surface area contributed by atoms with Crippen molar-refractivity contribution >= 4 is 23.1 Å². The monoisotopic (exact) mass is 298 g/mol. The summed E-state index contributed by atoms with van der Waals surface area (Å²) in [6.45, 7) is 1.86. The molecule has 1 atom stereocenters. The molecular weight excluding hydrogens is 284 g/mol. The summed E-state index contributed by atoms with van der Waals surface area (Å²) in [5, 5.41) is 4.28. The molecule has 2 aromatic rings. The number of nitrogens with one attached hydrogen (secondary N) is 1. The zero-order valence-electron chi connectivity index (χ0n) is 11.5. The number of pyridine rings is 1. The van der Waals surface area contributed by atoms with E-state index in [0.717, 1.165) is 47.3 Å². The summed E-state index contributed by atoms with van der Waals surface area (Å²) in [5.41, 5.74) is 3.14. The van der Waals surface area contributed by atoms with Crippen molar-refractivity contribution in [3.63, 3.8) is 0 Å². The summed E-state index contributed by atoms with van der Waals surface area (Å²) < 4.78 is 0. The highest BCUT2D eigenvalue weighted by Gasteiger charge is 2.33. The van der Waals surface area contributed by atoms with Gasteiger partial charge >= 0.3 is 0 Å². The SMILES string of the molecule is Clc1ccc2c(c1)N[C@H](c1ccccn1)N1CCCN=C21. The van der Waals surface area contributed by atoms with Crippen LogP contribution in [0.15, 0.2) is 47.6 Å². The summed E-state index contributed by atoms with van der Waals surface area (Å²) in [7, 11) is 0. The Bertz CT molecular complexity index is 699. The number of halogens is 1. The first-order valence-electron chi connectivity index (χ1n) is 7.11. The maximum Gasteiger partial charge on any atom is 0.144 e. The average Bonchev–Trinajstić information content (AvgIpc) is 2.54. The van der Waals surface area contributed by atoms with Crippen molar-refractivity contribution in [3.8, 4) is 0 Å². The quantitative estimate of drug-likeness (QED) is 0.878. The third-order valence-corrected chi connectivity index (χ3v) is 4.12. The molecule has 4 rings (SSSR count). The van der Waals surface area contributed by atoms with Crippen LogP contribution in [0, 0.1) is 0 Å². The number of aliphatic imine (C=N–C) groups is 1. The Morgan fingerprint density at radius 3 is 3.05 bits per heavy atom. The van der Waals surface area contributed by atoms with Gasteiger partial charge < -0.3 is 10.2 Å². The van der Waals surface area contributed by atoms with Gasteiger partial charge in [0.05, 0.1) is 5.69 Å². The second-order valence-corrected chi connectivity index (χ2v) is 5.68. The van der Waals surface area contributed by atoms with Crippen LogP contribution in [0.4, 0.5) is 5.69 Å². The van der Waals surface area contributed by atoms with Gasteiger partial charge in [0.2, 0.25) is 0 Å². The van der Waals surface area contributed by atoms with Crippen molar-refractivity contribution < 1.29 is 0 Å². The molecule has 21 heavy (non-hydrogen) atoms. The number of amidine groups is 1. The van der Waals surface area contributed by atoms with Crippen LogP contribution in [0.1, 0.15) is 23.8 Å². The summed E-state index contributed by atoms with van der Waals surface area (Å²) in [6, 6.07) is 11.9. The minimum absolute atomic E-state index is 0.0104. The smallest absolute Gasteiger partial charge is 0.144 e. The topological polar surface area (TPSA) is 40.5 Å². The minimum Gasteiger partial charge on any atom is -0.360 e. The van der Waals surface area contributed by atoms with E-state index in [1.807, 2.05) is 42.6 Å². The molecular formula is C16H15ClN4. The summed E-state index contributed by atoms with van der Waals surface area (Å²) in [4.78, 5) is 11.5. The molecule has 0 saturated heterocycles. The lowest BCUT2D eigenvalue weighted by atomic mass is 10.0. The molecule has 0 amide bonds. The van der Waals surface area contributed by atoms with E-state index in [9.17, 15) is 0 Å². The van der Waals surface area contributed by atoms with Gasteiger partial charge in [-0.25, -0.2) is 0 Å². The van der Waals surface area contributed by atoms with Gasteiger partial charge in [-0.2, -0.15) is 0 Å². The molecule has 1 aromatic carbocycles. The Balaban J connectivity index is 1.84. The molecule has 0 radical (unpaired) electrons. The number of hydrogen-bond acceptors (Lipinski definition) is 4. The molecule has 2 aliphatic heterocycles. The van der Waals surface area contributed by atoms with Crippen LogP contribution in [0.5, 0.6) is 0 Å². The van der Waals surface area contributed by atoms with Gasteiger partial charge in [-0.05, 0) is 36.8 Å². The van der Waals surface area contributed by atoms with Crippen molar-refractivity contribution in [2.24, 2.45) is 4.99 Å². The number of hydrogen-bond donors (Lipinski definition) is 1. The van der Waals surface area contributed by atoms with Gasteiger partial charge in [-0.1, -0.05) is 17.7 Å². The van der Waals surface area contributed by atoms with Crippen LogP contribution >= 0.6 is 11.6 Å². The van der Waals surface area contributed by atoms with Crippen LogP contribution in [-0.4, -0.2) is 28.8 Å². The van der Waals surface area contributed by atoms with Gasteiger partial charge in [0, 0.05) is 35.6 Å². The lowest BCUT2D eigenvalue weighted by Crippen LogP contribution is -2.46. The Morgan fingerprint density at radius 1 is 1.24 bits per heavy atom. The van der Waals surface area contributed by atoms with Crippen molar-refractivity contribution in [2.75, 3.05) is 18.4 Å². The Kier molecular flexibility index (Phi) is 3.04. The standard InChI is InChI=1S/C16H15ClN4/c17-11-5-6-12-14(10-11)20-16(13-4-1-2-7-18-13)21-9-3-8-19-15(12)21/h1-2,4-7,10,16,20H,3,8-9H2/t16-/m0/s1. The van der Waals surface area contributed by atoms with E-state index in [1.54, 1.807) is 0 Å². The summed E-state index contributed by atoms with van der Waals surface area (Å²) >= 11 is 6.14. The molecule has 0 bridgehead atoms. The largest absolute Gasteiger partial charge is 0.360 e. The van der Waals surface area contributed by atoms with Gasteiger partial charge in [-0.15, -0.1) is 0 Å². The molecule has 106 valence electrons. The molecule has 0 spiro atoms. The second-order valence-electron chi connectivity index (χ2n) is 5.24.